The highest BCUT2D eigenvalue weighted by Crippen LogP contribution is 2.34. The Morgan fingerprint density at radius 1 is 1.02 bits per heavy atom. The molecule has 9 heteroatoms. The van der Waals surface area contributed by atoms with Gasteiger partial charge in [0.25, 0.3) is 5.91 Å². The van der Waals surface area contributed by atoms with E-state index in [1.165, 1.54) is 0 Å². The second kappa shape index (κ2) is 12.7. The zero-order chi connectivity index (χ0) is 31.0. The Morgan fingerprint density at radius 2 is 1.73 bits per heavy atom. The summed E-state index contributed by atoms with van der Waals surface area (Å²) in [4.78, 5) is 28.7. The molecule has 3 aromatic carbocycles. The molecule has 230 valence electrons. The topological polar surface area (TPSA) is 96.7 Å². The number of carbonyl (C=O) groups excluding carboxylic acids is 2. The minimum atomic E-state index is -1.05. The average Bonchev–Trinajstić information content (AvgIpc) is 3.57. The minimum Gasteiger partial charge on any atom is -0.489 e. The Morgan fingerprint density at radius 3 is 2.39 bits per heavy atom. The van der Waals surface area contributed by atoms with Crippen LogP contribution in [0.25, 0.3) is 22.0 Å². The van der Waals surface area contributed by atoms with Gasteiger partial charge >= 0.3 is 0 Å². The SMILES string of the molecule is Cc1c2cc(-c3ccc(C(=O)C(=O)NC(CN4CCCC4)C(O)c4ccc(OC5CC5)c(Cl)c4)cc3)ccc2nn1C(C)C. The highest BCUT2D eigenvalue weighted by molar-refractivity contribution is 6.42. The van der Waals surface area contributed by atoms with Gasteiger partial charge in [-0.1, -0.05) is 48.0 Å². The molecule has 2 fully saturated rings. The number of aromatic nitrogens is 2. The Hall–Kier alpha value is -3.72. The third-order valence-electron chi connectivity index (χ3n) is 8.59. The number of Topliss-reactive ketones (excluding diaryl/α,β-unsaturated/α-hetero) is 1. The van der Waals surface area contributed by atoms with Crippen LogP contribution in [0.1, 0.15) is 73.3 Å². The van der Waals surface area contributed by atoms with Gasteiger partial charge in [-0.15, -0.1) is 0 Å². The third-order valence-corrected chi connectivity index (χ3v) is 8.88. The van der Waals surface area contributed by atoms with Crippen LogP contribution in [0.4, 0.5) is 0 Å². The van der Waals surface area contributed by atoms with Gasteiger partial charge in [0, 0.05) is 29.2 Å². The molecule has 1 saturated carbocycles. The van der Waals surface area contributed by atoms with Gasteiger partial charge in [-0.2, -0.15) is 5.10 Å². The Kier molecular flexibility index (Phi) is 8.76. The number of fused-ring (bicyclic) bond motifs is 1. The number of aryl methyl sites for hydroxylation is 1. The van der Waals surface area contributed by atoms with Crippen molar-refractivity contribution in [3.05, 3.63) is 82.5 Å². The summed E-state index contributed by atoms with van der Waals surface area (Å²) in [6.07, 6.45) is 3.30. The fourth-order valence-corrected chi connectivity index (χ4v) is 6.18. The fourth-order valence-electron chi connectivity index (χ4n) is 5.95. The molecule has 2 N–H and O–H groups in total. The Balaban J connectivity index is 1.17. The van der Waals surface area contributed by atoms with Crippen molar-refractivity contribution >= 4 is 34.2 Å². The molecule has 1 amide bonds. The van der Waals surface area contributed by atoms with Crippen molar-refractivity contribution in [1.29, 1.82) is 0 Å². The summed E-state index contributed by atoms with van der Waals surface area (Å²) >= 11 is 6.47. The van der Waals surface area contributed by atoms with Crippen LogP contribution >= 0.6 is 11.6 Å². The van der Waals surface area contributed by atoms with E-state index < -0.39 is 23.8 Å². The first-order chi connectivity index (χ1) is 21.2. The number of carbonyl (C=O) groups is 2. The fraction of sp³-hybridized carbons (Fsp3) is 0.400. The van der Waals surface area contributed by atoms with E-state index in [1.54, 1.807) is 30.3 Å². The molecule has 0 spiro atoms. The number of ether oxygens (including phenoxy) is 1. The number of aliphatic hydroxyl groups is 1. The van der Waals surface area contributed by atoms with E-state index >= 15 is 0 Å². The predicted molar refractivity (Wildman–Crippen MR) is 172 cm³/mol. The summed E-state index contributed by atoms with van der Waals surface area (Å²) in [7, 11) is 0. The maximum absolute atomic E-state index is 13.3. The number of halogens is 1. The molecule has 2 aliphatic rings. The smallest absolute Gasteiger partial charge is 0.292 e. The van der Waals surface area contributed by atoms with Gasteiger partial charge in [-0.05, 0) is 100 Å². The standard InChI is InChI=1S/C35H39ClN4O4/c1-21(2)40-22(3)28-18-25(10-14-30(28)38-40)23-6-8-24(9-7-23)34(42)35(43)37-31(20-39-16-4-5-17-39)33(41)26-11-15-32(29(36)19-26)44-27-12-13-27/h6-11,14-15,18-19,21,27,31,33,41H,4-5,12-13,16-17,20H2,1-3H3,(H,37,43). The maximum Gasteiger partial charge on any atom is 0.292 e. The highest BCUT2D eigenvalue weighted by Gasteiger charge is 2.30. The number of likely N-dealkylation sites (tertiary alicyclic amines) is 1. The van der Waals surface area contributed by atoms with Crippen molar-refractivity contribution < 1.29 is 19.4 Å². The lowest BCUT2D eigenvalue weighted by atomic mass is 9.99. The molecule has 44 heavy (non-hydrogen) atoms. The molecule has 1 aromatic heterocycles. The molecular weight excluding hydrogens is 576 g/mol. The van der Waals surface area contributed by atoms with Gasteiger partial charge in [-0.3, -0.25) is 14.3 Å². The quantitative estimate of drug-likeness (QED) is 0.152. The molecule has 1 saturated heterocycles. The second-order valence-electron chi connectivity index (χ2n) is 12.3. The van der Waals surface area contributed by atoms with Crippen molar-refractivity contribution in [3.8, 4) is 16.9 Å². The van der Waals surface area contributed by atoms with E-state index in [4.69, 9.17) is 21.4 Å². The number of ketones is 1. The van der Waals surface area contributed by atoms with Gasteiger partial charge in [0.15, 0.2) is 0 Å². The highest BCUT2D eigenvalue weighted by atomic mass is 35.5. The monoisotopic (exact) mass is 614 g/mol. The minimum absolute atomic E-state index is 0.202. The first kappa shape index (κ1) is 30.3. The molecular formula is C35H39ClN4O4. The first-order valence-corrected chi connectivity index (χ1v) is 15.9. The van der Waals surface area contributed by atoms with E-state index in [0.29, 0.717) is 22.9 Å². The lowest BCUT2D eigenvalue weighted by molar-refractivity contribution is -0.118. The van der Waals surface area contributed by atoms with Crippen molar-refractivity contribution in [1.82, 2.24) is 20.0 Å². The van der Waals surface area contributed by atoms with Gasteiger partial charge in [0.1, 0.15) is 11.9 Å². The van der Waals surface area contributed by atoms with Crippen LogP contribution in [-0.4, -0.2) is 63.3 Å². The van der Waals surface area contributed by atoms with E-state index in [0.717, 1.165) is 66.5 Å². The number of nitrogens with zero attached hydrogens (tertiary/aromatic N) is 3. The maximum atomic E-state index is 13.3. The van der Waals surface area contributed by atoms with Crippen molar-refractivity contribution in [2.45, 2.75) is 70.7 Å². The number of aliphatic hydroxyl groups excluding tert-OH is 1. The third kappa shape index (κ3) is 6.53. The Labute approximate surface area is 263 Å². The molecule has 8 nitrogen and oxygen atoms in total. The average molecular weight is 615 g/mol. The van der Waals surface area contributed by atoms with Gasteiger partial charge < -0.3 is 20.1 Å². The van der Waals surface area contributed by atoms with Crippen LogP contribution in [-0.2, 0) is 4.79 Å². The van der Waals surface area contributed by atoms with E-state index in [1.807, 2.05) is 28.9 Å². The zero-order valence-electron chi connectivity index (χ0n) is 25.4. The summed E-state index contributed by atoms with van der Waals surface area (Å²) in [5, 5.41) is 20.4. The second-order valence-corrected chi connectivity index (χ2v) is 12.7. The normalized spacial score (nSPS) is 16.8. The number of amides is 1. The van der Waals surface area contributed by atoms with Crippen LogP contribution in [0, 0.1) is 6.92 Å². The molecule has 1 aliphatic carbocycles. The molecule has 1 aliphatic heterocycles. The van der Waals surface area contributed by atoms with Gasteiger partial charge in [0.2, 0.25) is 5.78 Å². The molecule has 2 unspecified atom stereocenters. The number of hydrogen-bond acceptors (Lipinski definition) is 6. The van der Waals surface area contributed by atoms with E-state index in [-0.39, 0.29) is 17.7 Å². The van der Waals surface area contributed by atoms with Crippen LogP contribution in [0.3, 0.4) is 0 Å². The summed E-state index contributed by atoms with van der Waals surface area (Å²) in [5.74, 6) is -0.811. The van der Waals surface area contributed by atoms with Crippen LogP contribution in [0.15, 0.2) is 60.7 Å². The van der Waals surface area contributed by atoms with Crippen LogP contribution in [0.5, 0.6) is 5.75 Å². The number of nitrogens with one attached hydrogen (secondary N) is 1. The van der Waals surface area contributed by atoms with Gasteiger partial charge in [0.05, 0.1) is 22.7 Å². The number of rotatable bonds is 11. The summed E-state index contributed by atoms with van der Waals surface area (Å²) in [5.41, 5.74) is 4.85. The van der Waals surface area contributed by atoms with Crippen molar-refractivity contribution in [2.24, 2.45) is 0 Å². The lowest BCUT2D eigenvalue weighted by Crippen LogP contribution is -2.48. The largest absolute Gasteiger partial charge is 0.489 e. The number of benzene rings is 3. The van der Waals surface area contributed by atoms with E-state index in [9.17, 15) is 14.7 Å². The van der Waals surface area contributed by atoms with Crippen LogP contribution < -0.4 is 10.1 Å². The molecule has 4 aromatic rings. The van der Waals surface area contributed by atoms with Crippen LogP contribution in [0.2, 0.25) is 5.02 Å². The Bertz CT molecular complexity index is 1670. The number of hydrogen-bond donors (Lipinski definition) is 2. The van der Waals surface area contributed by atoms with Crippen molar-refractivity contribution in [2.75, 3.05) is 19.6 Å². The lowest BCUT2D eigenvalue weighted by Gasteiger charge is -2.28. The molecule has 0 bridgehead atoms. The molecule has 2 atom stereocenters. The zero-order valence-corrected chi connectivity index (χ0v) is 26.2. The molecule has 2 heterocycles. The van der Waals surface area contributed by atoms with Gasteiger partial charge in [-0.25, -0.2) is 0 Å². The summed E-state index contributed by atoms with van der Waals surface area (Å²) in [6, 6.07) is 18.0. The van der Waals surface area contributed by atoms with E-state index in [2.05, 4.69) is 37.1 Å². The first-order valence-electron chi connectivity index (χ1n) is 15.5. The summed E-state index contributed by atoms with van der Waals surface area (Å²) in [6.45, 7) is 8.48. The predicted octanol–water partition coefficient (Wildman–Crippen LogP) is 6.28. The van der Waals surface area contributed by atoms with Crippen molar-refractivity contribution in [3.63, 3.8) is 0 Å². The summed E-state index contributed by atoms with van der Waals surface area (Å²) < 4.78 is 7.86. The molecule has 6 rings (SSSR count). The molecule has 0 radical (unpaired) electrons.